The molecule has 0 radical (unpaired) electrons. The number of fused-ring (bicyclic) bond motifs is 5. The summed E-state index contributed by atoms with van der Waals surface area (Å²) >= 11 is 0. The molecule has 4 saturated carbocycles. The molecule has 4 aliphatic rings. The van der Waals surface area contributed by atoms with Crippen LogP contribution < -0.4 is 5.73 Å². The minimum Gasteiger partial charge on any atom is -0.393 e. The lowest BCUT2D eigenvalue weighted by Crippen LogP contribution is -2.55. The third-order valence-electron chi connectivity index (χ3n) is 8.71. The maximum Gasteiger partial charge on any atom is 0.116 e. The number of aliphatic hydroxyl groups excluding tert-OH is 1. The Labute approximate surface area is 134 Å². The first-order valence-corrected chi connectivity index (χ1v) is 9.44. The van der Waals surface area contributed by atoms with E-state index in [1.807, 2.05) is 0 Å². The van der Waals surface area contributed by atoms with Crippen molar-refractivity contribution < 1.29 is 9.50 Å². The average Bonchev–Trinajstić information content (AvgIpc) is 2.72. The van der Waals surface area contributed by atoms with Crippen LogP contribution in [0.3, 0.4) is 0 Å². The van der Waals surface area contributed by atoms with Gasteiger partial charge < -0.3 is 10.8 Å². The van der Waals surface area contributed by atoms with Crippen LogP contribution in [0.15, 0.2) is 0 Å². The highest BCUT2D eigenvalue weighted by molar-refractivity contribution is 5.12. The van der Waals surface area contributed by atoms with Crippen LogP contribution in [0.25, 0.3) is 0 Å². The molecule has 2 nitrogen and oxygen atoms in total. The van der Waals surface area contributed by atoms with Gasteiger partial charge in [0.05, 0.1) is 6.10 Å². The molecular weight excluding hydrogens is 277 g/mol. The van der Waals surface area contributed by atoms with Crippen LogP contribution in [0, 0.1) is 34.5 Å². The first kappa shape index (κ1) is 15.4. The van der Waals surface area contributed by atoms with E-state index in [0.717, 1.165) is 31.6 Å². The van der Waals surface area contributed by atoms with Crippen molar-refractivity contribution >= 4 is 0 Å². The molecule has 0 aromatic carbocycles. The summed E-state index contributed by atoms with van der Waals surface area (Å²) in [6.45, 7) is 4.74. The predicted octanol–water partition coefficient (Wildman–Crippen LogP) is 3.67. The van der Waals surface area contributed by atoms with Crippen LogP contribution in [-0.2, 0) is 0 Å². The molecule has 0 spiro atoms. The first-order chi connectivity index (χ1) is 10.4. The summed E-state index contributed by atoms with van der Waals surface area (Å²) in [5.74, 6) is 2.57. The molecule has 0 bridgehead atoms. The number of hydrogen-bond acceptors (Lipinski definition) is 2. The SMILES string of the molecule is C[C@]12CCC(O)CC1CC[C@@H]1[C@H]2CC[C@]2(C)C(N)C(F)C[C@@H]12. The van der Waals surface area contributed by atoms with Crippen LogP contribution >= 0.6 is 0 Å². The summed E-state index contributed by atoms with van der Waals surface area (Å²) in [5, 5.41) is 10.1. The van der Waals surface area contributed by atoms with Crippen molar-refractivity contribution in [2.75, 3.05) is 0 Å². The van der Waals surface area contributed by atoms with Gasteiger partial charge in [-0.25, -0.2) is 4.39 Å². The monoisotopic (exact) mass is 309 g/mol. The van der Waals surface area contributed by atoms with Gasteiger partial charge in [0, 0.05) is 6.04 Å². The summed E-state index contributed by atoms with van der Waals surface area (Å²) in [6.07, 6.45) is 7.72. The van der Waals surface area contributed by atoms with Crippen LogP contribution in [-0.4, -0.2) is 23.4 Å². The second-order valence-electron chi connectivity index (χ2n) is 9.41. The molecule has 126 valence electrons. The highest BCUT2D eigenvalue weighted by Gasteiger charge is 2.61. The fraction of sp³-hybridized carbons (Fsp3) is 1.00. The summed E-state index contributed by atoms with van der Waals surface area (Å²) in [4.78, 5) is 0. The van der Waals surface area contributed by atoms with E-state index in [-0.39, 0.29) is 17.6 Å². The Balaban J connectivity index is 1.63. The number of halogens is 1. The third-order valence-corrected chi connectivity index (χ3v) is 8.71. The largest absolute Gasteiger partial charge is 0.393 e. The summed E-state index contributed by atoms with van der Waals surface area (Å²) in [5.41, 5.74) is 6.67. The van der Waals surface area contributed by atoms with Gasteiger partial charge in [0.25, 0.3) is 0 Å². The molecule has 9 atom stereocenters. The van der Waals surface area contributed by atoms with E-state index < -0.39 is 6.17 Å². The van der Waals surface area contributed by atoms with Crippen molar-refractivity contribution in [1.82, 2.24) is 0 Å². The molecule has 4 aliphatic carbocycles. The lowest BCUT2D eigenvalue weighted by Gasteiger charge is -2.60. The highest BCUT2D eigenvalue weighted by atomic mass is 19.1. The van der Waals surface area contributed by atoms with Gasteiger partial charge in [-0.1, -0.05) is 13.8 Å². The molecule has 0 heterocycles. The van der Waals surface area contributed by atoms with Gasteiger partial charge in [0.2, 0.25) is 0 Å². The van der Waals surface area contributed by atoms with Gasteiger partial charge in [0.15, 0.2) is 0 Å². The van der Waals surface area contributed by atoms with E-state index in [9.17, 15) is 9.50 Å². The average molecular weight is 309 g/mol. The molecule has 0 saturated heterocycles. The lowest BCUT2D eigenvalue weighted by molar-refractivity contribution is -0.122. The van der Waals surface area contributed by atoms with Crippen LogP contribution in [0.4, 0.5) is 4.39 Å². The molecule has 0 amide bonds. The number of hydrogen-bond donors (Lipinski definition) is 2. The van der Waals surface area contributed by atoms with E-state index in [1.165, 1.54) is 19.3 Å². The minimum absolute atomic E-state index is 0.0258. The second kappa shape index (κ2) is 4.92. The number of rotatable bonds is 0. The molecule has 4 fully saturated rings. The van der Waals surface area contributed by atoms with E-state index in [4.69, 9.17) is 5.73 Å². The molecule has 0 aromatic heterocycles. The number of nitrogens with two attached hydrogens (primary N) is 1. The zero-order valence-corrected chi connectivity index (χ0v) is 14.1. The van der Waals surface area contributed by atoms with Crippen LogP contribution in [0.1, 0.15) is 65.2 Å². The molecule has 0 aliphatic heterocycles. The zero-order chi connectivity index (χ0) is 15.7. The maximum atomic E-state index is 14.3. The minimum atomic E-state index is -0.799. The molecule has 3 heteroatoms. The molecule has 4 unspecified atom stereocenters. The Kier molecular flexibility index (Phi) is 3.44. The highest BCUT2D eigenvalue weighted by Crippen LogP contribution is 2.66. The number of alkyl halides is 1. The van der Waals surface area contributed by atoms with Gasteiger partial charge in [-0.3, -0.25) is 0 Å². The standard InChI is InChI=1S/C19H32FNO/c1-18-7-5-12(22)9-11(18)3-4-13-14(18)6-8-19(2)15(13)10-16(20)17(19)21/h11-17,22H,3-10,21H2,1-2H3/t11?,12?,13-,14-,15+,16?,17?,18+,19+/m1/s1. The quantitative estimate of drug-likeness (QED) is 0.717. The Hall–Kier alpha value is -0.150. The van der Waals surface area contributed by atoms with E-state index in [1.54, 1.807) is 0 Å². The van der Waals surface area contributed by atoms with Crippen LogP contribution in [0.5, 0.6) is 0 Å². The van der Waals surface area contributed by atoms with Crippen molar-refractivity contribution in [3.05, 3.63) is 0 Å². The zero-order valence-electron chi connectivity index (χ0n) is 14.1. The normalized spacial score (nSPS) is 61.2. The molecule has 3 N–H and O–H groups in total. The van der Waals surface area contributed by atoms with Gasteiger partial charge >= 0.3 is 0 Å². The topological polar surface area (TPSA) is 46.2 Å². The third kappa shape index (κ3) is 1.90. The smallest absolute Gasteiger partial charge is 0.116 e. The van der Waals surface area contributed by atoms with E-state index in [0.29, 0.717) is 29.6 Å². The first-order valence-electron chi connectivity index (χ1n) is 9.44. The molecule has 0 aromatic rings. The van der Waals surface area contributed by atoms with E-state index in [2.05, 4.69) is 13.8 Å². The van der Waals surface area contributed by atoms with Crippen LogP contribution in [0.2, 0.25) is 0 Å². The van der Waals surface area contributed by atoms with Crippen molar-refractivity contribution in [3.63, 3.8) is 0 Å². The Morgan fingerprint density at radius 3 is 2.45 bits per heavy atom. The van der Waals surface area contributed by atoms with Gasteiger partial charge in [-0.15, -0.1) is 0 Å². The van der Waals surface area contributed by atoms with Crippen molar-refractivity contribution in [2.45, 2.75) is 83.5 Å². The van der Waals surface area contributed by atoms with Crippen molar-refractivity contribution in [3.8, 4) is 0 Å². The summed E-state index contributed by atoms with van der Waals surface area (Å²) in [7, 11) is 0. The van der Waals surface area contributed by atoms with Crippen molar-refractivity contribution in [2.24, 2.45) is 40.2 Å². The number of aliphatic hydroxyl groups is 1. The fourth-order valence-corrected chi connectivity index (χ4v) is 7.24. The fourth-order valence-electron chi connectivity index (χ4n) is 7.24. The summed E-state index contributed by atoms with van der Waals surface area (Å²) < 4.78 is 14.3. The van der Waals surface area contributed by atoms with Gasteiger partial charge in [-0.05, 0) is 85.9 Å². The van der Waals surface area contributed by atoms with Crippen molar-refractivity contribution in [1.29, 1.82) is 0 Å². The second-order valence-corrected chi connectivity index (χ2v) is 9.41. The Bertz CT molecular complexity index is 457. The predicted molar refractivity (Wildman–Crippen MR) is 86.0 cm³/mol. The Morgan fingerprint density at radius 1 is 0.955 bits per heavy atom. The molecule has 22 heavy (non-hydrogen) atoms. The maximum absolute atomic E-state index is 14.3. The molecule has 4 rings (SSSR count). The molecular formula is C19H32FNO. The van der Waals surface area contributed by atoms with Gasteiger partial charge in [-0.2, -0.15) is 0 Å². The van der Waals surface area contributed by atoms with Gasteiger partial charge in [0.1, 0.15) is 6.17 Å². The summed E-state index contributed by atoms with van der Waals surface area (Å²) in [6, 6.07) is -0.253. The Morgan fingerprint density at radius 2 is 1.68 bits per heavy atom. The van der Waals surface area contributed by atoms with E-state index >= 15 is 0 Å². The lowest BCUT2D eigenvalue weighted by atomic mass is 9.45.